The smallest absolute Gasteiger partial charge is 0.0703 e. The summed E-state index contributed by atoms with van der Waals surface area (Å²) in [6.45, 7) is 10.8. The van der Waals surface area contributed by atoms with Gasteiger partial charge in [-0.1, -0.05) is 91.4 Å². The molecule has 182 valence electrons. The van der Waals surface area contributed by atoms with E-state index in [1.54, 1.807) is 0 Å². The number of halogens is 4. The molecule has 4 atom stereocenters. The molecule has 8 rings (SSSR count). The summed E-state index contributed by atoms with van der Waals surface area (Å²) in [4.78, 5) is 0. The lowest BCUT2D eigenvalue weighted by molar-refractivity contribution is -0.299. The number of hydrogen-bond acceptors (Lipinski definition) is 0. The Kier molecular flexibility index (Phi) is 5.20. The first-order valence-corrected chi connectivity index (χ1v) is 16.8. The number of hydrogen-bond donors (Lipinski definition) is 0. The highest BCUT2D eigenvalue weighted by atomic mass is 79.9. The van der Waals surface area contributed by atoms with E-state index in [9.17, 15) is 0 Å². The average molecular weight is 698 g/mol. The van der Waals surface area contributed by atoms with E-state index >= 15 is 0 Å². The largest absolute Gasteiger partial charge is 0.0765 e. The maximum atomic E-state index is 3.94. The molecule has 0 nitrogen and oxygen atoms in total. The van der Waals surface area contributed by atoms with Crippen LogP contribution in [0.1, 0.15) is 118 Å². The third-order valence-electron chi connectivity index (χ3n) is 11.7. The zero-order valence-electron chi connectivity index (χ0n) is 20.6. The van der Waals surface area contributed by atoms with Crippen molar-refractivity contribution in [2.45, 2.75) is 125 Å². The van der Waals surface area contributed by atoms with Crippen LogP contribution in [0.15, 0.2) is 0 Å². The van der Waals surface area contributed by atoms with E-state index in [1.807, 2.05) is 0 Å². The van der Waals surface area contributed by atoms with Gasteiger partial charge in [0.1, 0.15) is 0 Å². The van der Waals surface area contributed by atoms with E-state index in [2.05, 4.69) is 91.4 Å². The normalized spacial score (nSPS) is 60.2. The number of rotatable bonds is 5. The lowest BCUT2D eigenvalue weighted by Crippen LogP contribution is -2.70. The molecule has 0 saturated heterocycles. The Morgan fingerprint density at radius 1 is 0.438 bits per heavy atom. The van der Waals surface area contributed by atoms with Crippen LogP contribution in [0.3, 0.4) is 0 Å². The highest BCUT2D eigenvalue weighted by molar-refractivity contribution is 9.25. The molecule has 8 fully saturated rings. The van der Waals surface area contributed by atoms with Gasteiger partial charge >= 0.3 is 0 Å². The van der Waals surface area contributed by atoms with E-state index < -0.39 is 0 Å². The summed E-state index contributed by atoms with van der Waals surface area (Å²) in [5.41, 5.74) is 4.47. The molecule has 8 saturated carbocycles. The van der Waals surface area contributed by atoms with E-state index in [4.69, 9.17) is 0 Å². The summed E-state index contributed by atoms with van der Waals surface area (Å²) in [5, 5.41) is 0. The van der Waals surface area contributed by atoms with Crippen LogP contribution in [0.2, 0.25) is 0 Å². The summed E-state index contributed by atoms with van der Waals surface area (Å²) in [6.07, 6.45) is 20.7. The van der Waals surface area contributed by atoms with Gasteiger partial charge in [0.2, 0.25) is 0 Å². The second-order valence-corrected chi connectivity index (χ2v) is 23.0. The Balaban J connectivity index is 1.49. The van der Waals surface area contributed by atoms with E-state index in [0.717, 1.165) is 0 Å². The summed E-state index contributed by atoms with van der Waals surface area (Å²) in [6, 6.07) is 0. The number of alkyl halides is 4. The minimum atomic E-state index is 0.468. The van der Waals surface area contributed by atoms with Gasteiger partial charge in [-0.3, -0.25) is 0 Å². The molecule has 0 radical (unpaired) electrons. The third-order valence-corrected chi connectivity index (χ3v) is 13.0. The topological polar surface area (TPSA) is 0 Å². The lowest BCUT2D eigenvalue weighted by atomic mass is 9.25. The molecule has 4 heteroatoms. The molecule has 8 aliphatic rings. The molecule has 32 heavy (non-hydrogen) atoms. The molecule has 0 aliphatic heterocycles. The molecule has 8 bridgehead atoms. The van der Waals surface area contributed by atoms with E-state index in [-0.39, 0.29) is 0 Å². The van der Waals surface area contributed by atoms with Crippen molar-refractivity contribution in [1.29, 1.82) is 0 Å². The molecule has 0 N–H and O–H groups in total. The van der Waals surface area contributed by atoms with E-state index in [1.165, 1.54) is 89.9 Å². The van der Waals surface area contributed by atoms with Gasteiger partial charge in [0.15, 0.2) is 0 Å². The molecular formula is C28H42Br4. The molecule has 0 aromatic heterocycles. The average Bonchev–Trinajstić information content (AvgIpc) is 2.44. The predicted molar refractivity (Wildman–Crippen MR) is 150 cm³/mol. The first-order valence-electron chi connectivity index (χ1n) is 13.1. The summed E-state index contributed by atoms with van der Waals surface area (Å²) < 4.78 is 0.937. The Morgan fingerprint density at radius 2 is 0.719 bits per heavy atom. The van der Waals surface area contributed by atoms with Gasteiger partial charge in [-0.05, 0) is 133 Å². The van der Waals surface area contributed by atoms with Crippen molar-refractivity contribution in [3.05, 3.63) is 0 Å². The van der Waals surface area contributed by atoms with Crippen molar-refractivity contribution >= 4 is 63.7 Å². The molecule has 0 aromatic rings. The van der Waals surface area contributed by atoms with Gasteiger partial charge in [0.25, 0.3) is 0 Å². The van der Waals surface area contributed by atoms with Gasteiger partial charge < -0.3 is 0 Å². The van der Waals surface area contributed by atoms with Crippen LogP contribution >= 0.6 is 63.7 Å². The fourth-order valence-corrected chi connectivity index (χ4v) is 16.8. The van der Waals surface area contributed by atoms with Crippen molar-refractivity contribution in [2.75, 3.05) is 0 Å². The molecule has 0 aromatic carbocycles. The molecule has 0 amide bonds. The summed E-state index contributed by atoms with van der Waals surface area (Å²) in [5.74, 6) is 0. The van der Waals surface area contributed by atoms with Crippen LogP contribution in [0.25, 0.3) is 0 Å². The van der Waals surface area contributed by atoms with Crippen molar-refractivity contribution in [3.63, 3.8) is 0 Å². The second kappa shape index (κ2) is 6.86. The Bertz CT molecular complexity index is 725. The van der Waals surface area contributed by atoms with Crippen LogP contribution in [-0.4, -0.2) is 7.47 Å². The first kappa shape index (κ1) is 24.3. The molecule has 0 heterocycles. The SMILES string of the molecule is CC12CC3(C)CC(CC(Br)Br)(C1)CC(C14CC5(C)CC(C)(CC(CC(Br)Br)(C5)C1)C4)(C2)C3. The molecular weight excluding hydrogens is 656 g/mol. The Labute approximate surface area is 230 Å². The second-order valence-electron chi connectivity index (χ2n) is 16.1. The van der Waals surface area contributed by atoms with Gasteiger partial charge in [0, 0.05) is 0 Å². The highest BCUT2D eigenvalue weighted by Gasteiger charge is 2.76. The van der Waals surface area contributed by atoms with Gasteiger partial charge in [-0.25, -0.2) is 0 Å². The quantitative estimate of drug-likeness (QED) is 0.251. The van der Waals surface area contributed by atoms with Crippen molar-refractivity contribution in [2.24, 2.45) is 43.3 Å². The highest BCUT2D eigenvalue weighted by Crippen LogP contribution is 2.86. The minimum Gasteiger partial charge on any atom is -0.0765 e. The van der Waals surface area contributed by atoms with Crippen LogP contribution in [0, 0.1) is 43.3 Å². The van der Waals surface area contributed by atoms with Crippen molar-refractivity contribution in [1.82, 2.24) is 0 Å². The van der Waals surface area contributed by atoms with Gasteiger partial charge in [-0.2, -0.15) is 0 Å². The van der Waals surface area contributed by atoms with E-state index in [0.29, 0.717) is 50.8 Å². The van der Waals surface area contributed by atoms with Crippen molar-refractivity contribution < 1.29 is 0 Å². The lowest BCUT2D eigenvalue weighted by Gasteiger charge is -2.80. The zero-order valence-corrected chi connectivity index (χ0v) is 26.9. The molecule has 0 spiro atoms. The van der Waals surface area contributed by atoms with Crippen LogP contribution in [-0.2, 0) is 0 Å². The third kappa shape index (κ3) is 3.53. The molecule has 4 unspecified atom stereocenters. The van der Waals surface area contributed by atoms with Crippen LogP contribution in [0.5, 0.6) is 0 Å². The van der Waals surface area contributed by atoms with Crippen molar-refractivity contribution in [3.8, 4) is 0 Å². The van der Waals surface area contributed by atoms with Crippen LogP contribution in [0.4, 0.5) is 0 Å². The van der Waals surface area contributed by atoms with Gasteiger partial charge in [-0.15, -0.1) is 0 Å². The van der Waals surface area contributed by atoms with Crippen LogP contribution < -0.4 is 0 Å². The summed E-state index contributed by atoms with van der Waals surface area (Å²) >= 11 is 15.8. The minimum absolute atomic E-state index is 0.468. The fourth-order valence-electron chi connectivity index (χ4n) is 14.1. The fraction of sp³-hybridized carbons (Fsp3) is 1.00. The predicted octanol–water partition coefficient (Wildman–Crippen LogP) is 10.7. The monoisotopic (exact) mass is 694 g/mol. The Hall–Kier alpha value is 1.92. The first-order chi connectivity index (χ1) is 14.6. The maximum Gasteiger partial charge on any atom is 0.0703 e. The Morgan fingerprint density at radius 3 is 0.969 bits per heavy atom. The molecule has 8 aliphatic carbocycles. The van der Waals surface area contributed by atoms with Gasteiger partial charge in [0.05, 0.1) is 7.47 Å². The standard InChI is InChI=1S/C28H42Br4/c1-21-7-22(2)10-25(9-21,5-19(29)30)17-27(13-21,14-22)28-15-23(3)8-24(4,16-28)12-26(11-23,18-28)6-20(31)32/h19-20H,5-18H2,1-4H3. The summed E-state index contributed by atoms with van der Waals surface area (Å²) in [7, 11) is 0. The zero-order chi connectivity index (χ0) is 23.1. The maximum absolute atomic E-state index is 3.94.